The van der Waals surface area contributed by atoms with Gasteiger partial charge in [0.15, 0.2) is 11.6 Å². The molecule has 0 spiro atoms. The molecule has 2 aromatic rings. The molecule has 0 amide bonds. The van der Waals surface area contributed by atoms with Gasteiger partial charge in [-0.2, -0.15) is 0 Å². The molecule has 2 rings (SSSR count). The Morgan fingerprint density at radius 2 is 2.00 bits per heavy atom. The van der Waals surface area contributed by atoms with Gasteiger partial charge in [0.25, 0.3) is 0 Å². The first kappa shape index (κ1) is 12.4. The van der Waals surface area contributed by atoms with Gasteiger partial charge in [0.1, 0.15) is 5.82 Å². The van der Waals surface area contributed by atoms with Gasteiger partial charge in [-0.25, -0.2) is 9.37 Å². The van der Waals surface area contributed by atoms with Gasteiger partial charge < -0.3 is 10.1 Å². The zero-order valence-electron chi connectivity index (χ0n) is 10.2. The van der Waals surface area contributed by atoms with E-state index in [1.807, 2.05) is 19.1 Å². The molecule has 4 heteroatoms. The third-order valence-corrected chi connectivity index (χ3v) is 2.44. The molecule has 0 aliphatic carbocycles. The summed E-state index contributed by atoms with van der Waals surface area (Å²) in [6, 6.07) is 10.1. The molecule has 1 aromatic carbocycles. The van der Waals surface area contributed by atoms with E-state index in [-0.39, 0.29) is 5.82 Å². The lowest BCUT2D eigenvalue weighted by atomic mass is 10.2. The topological polar surface area (TPSA) is 34.1 Å². The molecule has 0 atom stereocenters. The molecule has 1 N–H and O–H groups in total. The highest BCUT2D eigenvalue weighted by molar-refractivity contribution is 5.49. The van der Waals surface area contributed by atoms with E-state index >= 15 is 0 Å². The first-order valence-electron chi connectivity index (χ1n) is 5.85. The van der Waals surface area contributed by atoms with E-state index < -0.39 is 0 Å². The van der Waals surface area contributed by atoms with Crippen LogP contribution in [-0.4, -0.2) is 11.6 Å². The Morgan fingerprint density at radius 3 is 2.72 bits per heavy atom. The van der Waals surface area contributed by atoms with Crippen LogP contribution in [-0.2, 0) is 6.54 Å². The normalized spacial score (nSPS) is 10.1. The van der Waals surface area contributed by atoms with Gasteiger partial charge in [-0.3, -0.25) is 0 Å². The molecule has 18 heavy (non-hydrogen) atoms. The van der Waals surface area contributed by atoms with Crippen molar-refractivity contribution in [1.82, 2.24) is 4.98 Å². The summed E-state index contributed by atoms with van der Waals surface area (Å²) in [4.78, 5) is 4.22. The molecule has 1 heterocycles. The van der Waals surface area contributed by atoms with Crippen LogP contribution in [0.25, 0.3) is 0 Å². The molecular weight excluding hydrogens is 231 g/mol. The molecule has 0 saturated carbocycles. The van der Waals surface area contributed by atoms with Gasteiger partial charge in [0, 0.05) is 12.7 Å². The van der Waals surface area contributed by atoms with Crippen LogP contribution >= 0.6 is 0 Å². The minimum absolute atomic E-state index is 0.230. The molecule has 0 aliphatic rings. The highest BCUT2D eigenvalue weighted by Crippen LogP contribution is 2.21. The predicted molar refractivity (Wildman–Crippen MR) is 69.1 cm³/mol. The van der Waals surface area contributed by atoms with E-state index in [4.69, 9.17) is 4.74 Å². The number of nitrogens with zero attached hydrogens (tertiary/aromatic N) is 1. The lowest BCUT2D eigenvalue weighted by Gasteiger charge is -2.10. The van der Waals surface area contributed by atoms with Crippen molar-refractivity contribution >= 4 is 5.82 Å². The number of rotatable bonds is 5. The maximum atomic E-state index is 12.8. The van der Waals surface area contributed by atoms with Crippen molar-refractivity contribution in [3.63, 3.8) is 0 Å². The fourth-order valence-corrected chi connectivity index (χ4v) is 1.58. The van der Waals surface area contributed by atoms with Gasteiger partial charge in [-0.15, -0.1) is 0 Å². The monoisotopic (exact) mass is 246 g/mol. The minimum Gasteiger partial charge on any atom is -0.490 e. The number of halogens is 1. The highest BCUT2D eigenvalue weighted by atomic mass is 19.1. The minimum atomic E-state index is -0.230. The zero-order valence-corrected chi connectivity index (χ0v) is 10.2. The van der Waals surface area contributed by atoms with Crippen molar-refractivity contribution in [1.29, 1.82) is 0 Å². The van der Waals surface area contributed by atoms with Crippen molar-refractivity contribution in [2.24, 2.45) is 0 Å². The second-order valence-electron chi connectivity index (χ2n) is 3.76. The standard InChI is InChI=1S/C14H15FN2O/c1-2-18-13-4-3-9-16-14(13)17-10-11-5-7-12(15)8-6-11/h3-9H,2,10H2,1H3,(H,16,17). The summed E-state index contributed by atoms with van der Waals surface area (Å²) in [6.45, 7) is 3.10. The van der Waals surface area contributed by atoms with E-state index in [9.17, 15) is 4.39 Å². The SMILES string of the molecule is CCOc1cccnc1NCc1ccc(F)cc1. The van der Waals surface area contributed by atoms with Crippen LogP contribution in [0.2, 0.25) is 0 Å². The summed E-state index contributed by atoms with van der Waals surface area (Å²) in [5.41, 5.74) is 0.990. The van der Waals surface area contributed by atoms with Crippen molar-refractivity contribution in [2.75, 3.05) is 11.9 Å². The number of pyridine rings is 1. The Kier molecular flexibility index (Phi) is 4.12. The van der Waals surface area contributed by atoms with Crippen molar-refractivity contribution in [2.45, 2.75) is 13.5 Å². The van der Waals surface area contributed by atoms with Crippen molar-refractivity contribution in [3.8, 4) is 5.75 Å². The second kappa shape index (κ2) is 6.00. The molecule has 0 bridgehead atoms. The maximum absolute atomic E-state index is 12.8. The Labute approximate surface area is 106 Å². The molecule has 0 fully saturated rings. The summed E-state index contributed by atoms with van der Waals surface area (Å²) < 4.78 is 18.2. The summed E-state index contributed by atoms with van der Waals surface area (Å²) in [5.74, 6) is 1.19. The van der Waals surface area contributed by atoms with Crippen LogP contribution in [0, 0.1) is 5.82 Å². The quantitative estimate of drug-likeness (QED) is 0.879. The maximum Gasteiger partial charge on any atom is 0.169 e. The van der Waals surface area contributed by atoms with Crippen LogP contribution in [0.4, 0.5) is 10.2 Å². The Hall–Kier alpha value is -2.10. The van der Waals surface area contributed by atoms with Gasteiger partial charge >= 0.3 is 0 Å². The summed E-state index contributed by atoms with van der Waals surface area (Å²) in [6.07, 6.45) is 1.70. The zero-order chi connectivity index (χ0) is 12.8. The first-order chi connectivity index (χ1) is 8.79. The third kappa shape index (κ3) is 3.20. The summed E-state index contributed by atoms with van der Waals surface area (Å²) in [5, 5.41) is 3.18. The molecular formula is C14H15FN2O. The number of hydrogen-bond donors (Lipinski definition) is 1. The fourth-order valence-electron chi connectivity index (χ4n) is 1.58. The number of nitrogens with one attached hydrogen (secondary N) is 1. The van der Waals surface area contributed by atoms with Gasteiger partial charge in [0.05, 0.1) is 6.61 Å². The molecule has 94 valence electrons. The van der Waals surface area contributed by atoms with E-state index in [0.29, 0.717) is 19.0 Å². The van der Waals surface area contributed by atoms with Crippen LogP contribution in [0.15, 0.2) is 42.6 Å². The van der Waals surface area contributed by atoms with E-state index in [1.54, 1.807) is 18.3 Å². The molecule has 0 unspecified atom stereocenters. The summed E-state index contributed by atoms with van der Waals surface area (Å²) in [7, 11) is 0. The number of ether oxygens (including phenoxy) is 1. The number of hydrogen-bond acceptors (Lipinski definition) is 3. The predicted octanol–water partition coefficient (Wildman–Crippen LogP) is 3.23. The number of aromatic nitrogens is 1. The Bertz CT molecular complexity index is 499. The number of benzene rings is 1. The average molecular weight is 246 g/mol. The van der Waals surface area contributed by atoms with Crippen LogP contribution in [0.3, 0.4) is 0 Å². The Morgan fingerprint density at radius 1 is 1.22 bits per heavy atom. The third-order valence-electron chi connectivity index (χ3n) is 2.44. The lowest BCUT2D eigenvalue weighted by molar-refractivity contribution is 0.340. The Balaban J connectivity index is 2.03. The van der Waals surface area contributed by atoms with Gasteiger partial charge in [0.2, 0.25) is 0 Å². The van der Waals surface area contributed by atoms with Crippen molar-refractivity contribution in [3.05, 3.63) is 54.0 Å². The van der Waals surface area contributed by atoms with Crippen molar-refractivity contribution < 1.29 is 9.13 Å². The van der Waals surface area contributed by atoms with Crippen LogP contribution in [0.5, 0.6) is 5.75 Å². The highest BCUT2D eigenvalue weighted by Gasteiger charge is 2.03. The molecule has 1 aromatic heterocycles. The molecule has 0 saturated heterocycles. The van der Waals surface area contributed by atoms with E-state index in [2.05, 4.69) is 10.3 Å². The summed E-state index contributed by atoms with van der Waals surface area (Å²) >= 11 is 0. The average Bonchev–Trinajstić information content (AvgIpc) is 2.40. The fraction of sp³-hybridized carbons (Fsp3) is 0.214. The smallest absolute Gasteiger partial charge is 0.169 e. The lowest BCUT2D eigenvalue weighted by Crippen LogP contribution is -2.04. The molecule has 0 radical (unpaired) electrons. The second-order valence-corrected chi connectivity index (χ2v) is 3.76. The van der Waals surface area contributed by atoms with E-state index in [1.165, 1.54) is 12.1 Å². The van der Waals surface area contributed by atoms with Gasteiger partial charge in [-0.1, -0.05) is 12.1 Å². The first-order valence-corrected chi connectivity index (χ1v) is 5.85. The van der Waals surface area contributed by atoms with Crippen LogP contribution in [0.1, 0.15) is 12.5 Å². The van der Waals surface area contributed by atoms with Gasteiger partial charge in [-0.05, 0) is 36.8 Å². The number of anilines is 1. The molecule has 3 nitrogen and oxygen atoms in total. The molecule has 0 aliphatic heterocycles. The van der Waals surface area contributed by atoms with Crippen LogP contribution < -0.4 is 10.1 Å². The largest absolute Gasteiger partial charge is 0.490 e. The van der Waals surface area contributed by atoms with E-state index in [0.717, 1.165) is 11.3 Å².